The van der Waals surface area contributed by atoms with E-state index in [1.165, 1.54) is 22.3 Å². The molecule has 0 nitrogen and oxygen atoms in total. The Morgan fingerprint density at radius 3 is 1.79 bits per heavy atom. The predicted octanol–water partition coefficient (Wildman–Crippen LogP) is 6.18. The molecular weight excluding hydrogens is 342 g/mol. The average molecular weight is 362 g/mol. The summed E-state index contributed by atoms with van der Waals surface area (Å²) < 4.78 is 52.6. The minimum Gasteiger partial charge on any atom is -0.418 e. The number of alkyl halides is 1. The summed E-state index contributed by atoms with van der Waals surface area (Å²) in [6.07, 6.45) is 0. The van der Waals surface area contributed by atoms with E-state index in [-0.39, 0.29) is 6.01 Å². The first kappa shape index (κ1) is 20.5. The highest BCUT2D eigenvalue weighted by Gasteiger charge is 2.28. The van der Waals surface area contributed by atoms with Crippen LogP contribution in [0.15, 0.2) is 46.2 Å². The molecular formula is C17H20BF5S. The summed E-state index contributed by atoms with van der Waals surface area (Å²) in [7, 11) is -6.47. The fourth-order valence-corrected chi connectivity index (χ4v) is 4.09. The zero-order valence-corrected chi connectivity index (χ0v) is 14.9. The molecule has 0 aliphatic heterocycles. The quantitative estimate of drug-likeness (QED) is 0.347. The van der Waals surface area contributed by atoms with E-state index in [2.05, 4.69) is 33.8 Å². The van der Waals surface area contributed by atoms with E-state index in [1.807, 2.05) is 30.3 Å². The van der Waals surface area contributed by atoms with Gasteiger partial charge in [0.25, 0.3) is 6.01 Å². The Bertz CT molecular complexity index is 665. The maximum Gasteiger partial charge on any atom is 0.673 e. The van der Waals surface area contributed by atoms with Crippen LogP contribution in [-0.2, 0) is 10.9 Å². The summed E-state index contributed by atoms with van der Waals surface area (Å²) in [5, 5.41) is 0. The third-order valence-corrected chi connectivity index (χ3v) is 5.85. The van der Waals surface area contributed by atoms with Crippen LogP contribution in [0.2, 0.25) is 0 Å². The summed E-state index contributed by atoms with van der Waals surface area (Å²) >= 11 is 0. The zero-order chi connectivity index (χ0) is 18.5. The van der Waals surface area contributed by atoms with Crippen LogP contribution in [0, 0.1) is 27.7 Å². The fraction of sp³-hybridized carbons (Fsp3) is 0.294. The van der Waals surface area contributed by atoms with Crippen LogP contribution in [0.4, 0.5) is 21.7 Å². The normalized spacial score (nSPS) is 12.4. The number of halogens is 5. The van der Waals surface area contributed by atoms with Gasteiger partial charge in [0.2, 0.25) is 0 Å². The molecule has 2 rings (SSSR count). The lowest BCUT2D eigenvalue weighted by atomic mass is 10.00. The molecule has 2 aromatic rings. The molecule has 0 bridgehead atoms. The molecule has 0 aromatic heterocycles. The molecule has 0 aliphatic carbocycles. The van der Waals surface area contributed by atoms with E-state index < -0.39 is 18.1 Å². The Labute approximate surface area is 142 Å². The molecule has 0 N–H and O–H groups in total. The first-order valence-electron chi connectivity index (χ1n) is 7.33. The molecule has 1 atom stereocenters. The van der Waals surface area contributed by atoms with Crippen LogP contribution in [0.3, 0.4) is 0 Å². The van der Waals surface area contributed by atoms with Crippen molar-refractivity contribution >= 4 is 18.1 Å². The molecule has 0 fully saturated rings. The Morgan fingerprint density at radius 2 is 1.33 bits per heavy atom. The smallest absolute Gasteiger partial charge is 0.418 e. The van der Waals surface area contributed by atoms with E-state index in [1.54, 1.807) is 0 Å². The van der Waals surface area contributed by atoms with Crippen LogP contribution < -0.4 is 0 Å². The third kappa shape index (κ3) is 5.85. The third-order valence-electron chi connectivity index (χ3n) is 3.84. The second-order valence-corrected chi connectivity index (χ2v) is 7.29. The minimum atomic E-state index is -6.00. The van der Waals surface area contributed by atoms with Gasteiger partial charge in [0.15, 0.2) is 9.79 Å². The van der Waals surface area contributed by atoms with Crippen molar-refractivity contribution in [1.29, 1.82) is 0 Å². The summed E-state index contributed by atoms with van der Waals surface area (Å²) in [6, 6.07) is 11.8. The van der Waals surface area contributed by atoms with E-state index in [0.717, 1.165) is 9.79 Å². The first-order chi connectivity index (χ1) is 11.1. The van der Waals surface area contributed by atoms with Crippen LogP contribution >= 0.6 is 0 Å². The van der Waals surface area contributed by atoms with E-state index in [9.17, 15) is 21.7 Å². The van der Waals surface area contributed by atoms with Crippen LogP contribution in [0.25, 0.3) is 0 Å². The highest BCUT2D eigenvalue weighted by atomic mass is 32.2. The van der Waals surface area contributed by atoms with Gasteiger partial charge in [-0.25, -0.2) is 0 Å². The maximum atomic E-state index is 13.6. The summed E-state index contributed by atoms with van der Waals surface area (Å²) in [6.45, 7) is 8.48. The molecule has 0 saturated heterocycles. The molecule has 7 heteroatoms. The Balaban J connectivity index is 0.000000505. The number of hydrogen-bond donors (Lipinski definition) is 0. The Morgan fingerprint density at radius 1 is 0.833 bits per heavy atom. The van der Waals surface area contributed by atoms with E-state index in [4.69, 9.17) is 0 Å². The number of rotatable bonds is 3. The Hall–Kier alpha value is -1.50. The van der Waals surface area contributed by atoms with E-state index in [0.29, 0.717) is 0 Å². The molecule has 0 aliphatic rings. The largest absolute Gasteiger partial charge is 0.673 e. The number of aryl methyl sites for hydroxylation is 1. The van der Waals surface area contributed by atoms with Crippen molar-refractivity contribution in [2.45, 2.75) is 37.5 Å². The standard InChI is InChI=1S/C17H20FS.BF4/c1-12-10-17(15(4)14(3)13(12)2)19(11-18)16-8-6-5-7-9-16;2-1(3,4)5/h5-10H,11H2,1-4H3;/q+1;-1. The molecule has 0 amide bonds. The van der Waals surface area contributed by atoms with Crippen molar-refractivity contribution < 1.29 is 21.7 Å². The van der Waals surface area contributed by atoms with Gasteiger partial charge in [0, 0.05) is 5.56 Å². The van der Waals surface area contributed by atoms with Crippen LogP contribution in [0.1, 0.15) is 22.3 Å². The molecule has 0 radical (unpaired) electrons. The Kier molecular flexibility index (Phi) is 7.33. The molecule has 1 unspecified atom stereocenters. The molecule has 132 valence electrons. The average Bonchev–Trinajstić information content (AvgIpc) is 2.50. The first-order valence-corrected chi connectivity index (χ1v) is 8.72. The second kappa shape index (κ2) is 8.56. The van der Waals surface area contributed by atoms with Gasteiger partial charge < -0.3 is 17.3 Å². The van der Waals surface area contributed by atoms with Gasteiger partial charge in [0.05, 0.1) is 10.9 Å². The summed E-state index contributed by atoms with van der Waals surface area (Å²) in [4.78, 5) is 2.23. The summed E-state index contributed by atoms with van der Waals surface area (Å²) in [5.41, 5.74) is 5.08. The number of benzene rings is 2. The van der Waals surface area contributed by atoms with Gasteiger partial charge in [-0.15, -0.1) is 0 Å². The van der Waals surface area contributed by atoms with Gasteiger partial charge in [0.1, 0.15) is 0 Å². The minimum absolute atomic E-state index is 0.327. The van der Waals surface area contributed by atoms with Crippen LogP contribution in [-0.4, -0.2) is 13.3 Å². The highest BCUT2D eigenvalue weighted by molar-refractivity contribution is 7.96. The van der Waals surface area contributed by atoms with Crippen LogP contribution in [0.5, 0.6) is 0 Å². The van der Waals surface area contributed by atoms with Gasteiger partial charge in [-0.2, -0.15) is 4.39 Å². The molecule has 0 spiro atoms. The van der Waals surface area contributed by atoms with Gasteiger partial charge in [-0.1, -0.05) is 18.2 Å². The molecule has 0 saturated carbocycles. The lowest BCUT2D eigenvalue weighted by molar-refractivity contribution is 0.368. The lowest BCUT2D eigenvalue weighted by Crippen LogP contribution is -2.09. The number of hydrogen-bond acceptors (Lipinski definition) is 0. The lowest BCUT2D eigenvalue weighted by Gasteiger charge is -2.13. The van der Waals surface area contributed by atoms with Gasteiger partial charge in [-0.05, 0) is 62.6 Å². The summed E-state index contributed by atoms with van der Waals surface area (Å²) in [5.74, 6) is 0. The zero-order valence-electron chi connectivity index (χ0n) is 14.0. The highest BCUT2D eigenvalue weighted by Crippen LogP contribution is 2.31. The van der Waals surface area contributed by atoms with Crippen molar-refractivity contribution in [1.82, 2.24) is 0 Å². The second-order valence-electron chi connectivity index (χ2n) is 5.37. The molecule has 24 heavy (non-hydrogen) atoms. The van der Waals surface area contributed by atoms with Crippen molar-refractivity contribution in [2.75, 3.05) is 6.01 Å². The predicted molar refractivity (Wildman–Crippen MR) is 91.9 cm³/mol. The topological polar surface area (TPSA) is 0 Å². The van der Waals surface area contributed by atoms with Crippen molar-refractivity contribution in [3.63, 3.8) is 0 Å². The van der Waals surface area contributed by atoms with Gasteiger partial charge in [-0.3, -0.25) is 0 Å². The van der Waals surface area contributed by atoms with Crippen molar-refractivity contribution in [3.8, 4) is 0 Å². The van der Waals surface area contributed by atoms with Crippen molar-refractivity contribution in [2.24, 2.45) is 0 Å². The fourth-order valence-electron chi connectivity index (χ4n) is 2.26. The van der Waals surface area contributed by atoms with E-state index >= 15 is 0 Å². The maximum absolute atomic E-state index is 13.6. The SMILES string of the molecule is Cc1cc([S+](CF)c2ccccc2)c(C)c(C)c1C.F[B-](F)(F)F. The molecule has 0 heterocycles. The van der Waals surface area contributed by atoms with Crippen molar-refractivity contribution in [3.05, 3.63) is 58.7 Å². The van der Waals surface area contributed by atoms with Gasteiger partial charge >= 0.3 is 7.25 Å². The molecule has 2 aromatic carbocycles. The monoisotopic (exact) mass is 362 g/mol.